The summed E-state index contributed by atoms with van der Waals surface area (Å²) in [6.45, 7) is 1.54. The summed E-state index contributed by atoms with van der Waals surface area (Å²) in [7, 11) is 0. The Kier molecular flexibility index (Phi) is 5.42. The molecule has 1 aliphatic heterocycles. The number of piperidine rings is 1. The molecule has 1 saturated carbocycles. The summed E-state index contributed by atoms with van der Waals surface area (Å²) in [6.07, 6.45) is 4.31. The van der Waals surface area contributed by atoms with Gasteiger partial charge in [-0.25, -0.2) is 4.98 Å². The van der Waals surface area contributed by atoms with Gasteiger partial charge >= 0.3 is 0 Å². The van der Waals surface area contributed by atoms with E-state index in [1.807, 2.05) is 23.1 Å². The topological polar surface area (TPSA) is 61.9 Å². The molecule has 1 N–H and O–H groups in total. The number of aromatic amines is 1. The Bertz CT molecular complexity index is 972. The lowest BCUT2D eigenvalue weighted by molar-refractivity contribution is 0.0707. The standard InChI is InChI=1S/C22H24N4OS2/c27-22(18-5-1-2-6-19(18)29-14-17-4-3-13-28-17)26-11-9-16(10-12-26)21-23-20(24-25-21)15-7-8-15/h1-6,13,15-16H,7-12,14H2,(H,23,24,25). The molecular weight excluding hydrogens is 400 g/mol. The summed E-state index contributed by atoms with van der Waals surface area (Å²) >= 11 is 3.51. The molecule has 7 heteroatoms. The number of thiophene rings is 1. The molecule has 1 aromatic carbocycles. The van der Waals surface area contributed by atoms with E-state index in [1.54, 1.807) is 23.1 Å². The number of likely N-dealkylation sites (tertiary alicyclic amines) is 1. The number of rotatable bonds is 6. The molecule has 1 aliphatic carbocycles. The van der Waals surface area contributed by atoms with E-state index in [9.17, 15) is 4.79 Å². The third-order valence-corrected chi connectivity index (χ3v) is 7.88. The number of aromatic nitrogens is 3. The van der Waals surface area contributed by atoms with Gasteiger partial charge in [-0.1, -0.05) is 18.2 Å². The van der Waals surface area contributed by atoms with Gasteiger partial charge in [0.05, 0.1) is 5.56 Å². The molecule has 1 amide bonds. The quantitative estimate of drug-likeness (QED) is 0.562. The molecule has 29 heavy (non-hydrogen) atoms. The van der Waals surface area contributed by atoms with Crippen molar-refractivity contribution in [1.29, 1.82) is 0 Å². The van der Waals surface area contributed by atoms with Gasteiger partial charge in [0, 0.05) is 40.5 Å². The van der Waals surface area contributed by atoms with Crippen LogP contribution in [0.4, 0.5) is 0 Å². The minimum absolute atomic E-state index is 0.147. The van der Waals surface area contributed by atoms with Gasteiger partial charge in [0.2, 0.25) is 0 Å². The van der Waals surface area contributed by atoms with Gasteiger partial charge in [-0.05, 0) is 49.3 Å². The number of H-pyrrole nitrogens is 1. The number of nitrogens with one attached hydrogen (secondary N) is 1. The minimum atomic E-state index is 0.147. The van der Waals surface area contributed by atoms with Crippen molar-refractivity contribution in [1.82, 2.24) is 20.1 Å². The van der Waals surface area contributed by atoms with Crippen LogP contribution < -0.4 is 0 Å². The van der Waals surface area contributed by atoms with Crippen LogP contribution in [-0.4, -0.2) is 39.1 Å². The van der Waals surface area contributed by atoms with Crippen molar-refractivity contribution in [3.05, 3.63) is 63.9 Å². The maximum absolute atomic E-state index is 13.2. The normalized spacial score (nSPS) is 17.6. The van der Waals surface area contributed by atoms with Crippen molar-refractivity contribution in [2.24, 2.45) is 0 Å². The monoisotopic (exact) mass is 424 g/mol. The molecule has 3 aromatic rings. The minimum Gasteiger partial charge on any atom is -0.339 e. The average molecular weight is 425 g/mol. The Morgan fingerprint density at radius 1 is 1.10 bits per heavy atom. The van der Waals surface area contributed by atoms with Gasteiger partial charge < -0.3 is 4.90 Å². The third-order valence-electron chi connectivity index (χ3n) is 5.70. The van der Waals surface area contributed by atoms with Gasteiger partial charge in [-0.3, -0.25) is 9.89 Å². The lowest BCUT2D eigenvalue weighted by Gasteiger charge is -2.31. The van der Waals surface area contributed by atoms with Gasteiger partial charge in [0.15, 0.2) is 5.82 Å². The number of thioether (sulfide) groups is 1. The smallest absolute Gasteiger partial charge is 0.254 e. The van der Waals surface area contributed by atoms with E-state index in [-0.39, 0.29) is 5.91 Å². The zero-order chi connectivity index (χ0) is 19.6. The van der Waals surface area contributed by atoms with Gasteiger partial charge in [-0.15, -0.1) is 23.1 Å². The number of carbonyl (C=O) groups excluding carboxylic acids is 1. The first-order valence-corrected chi connectivity index (χ1v) is 12.1. The Hall–Kier alpha value is -2.12. The fourth-order valence-electron chi connectivity index (χ4n) is 3.83. The molecule has 3 heterocycles. The fourth-order valence-corrected chi connectivity index (χ4v) is 5.65. The van der Waals surface area contributed by atoms with Gasteiger partial charge in [0.1, 0.15) is 5.82 Å². The highest BCUT2D eigenvalue weighted by molar-refractivity contribution is 7.98. The first kappa shape index (κ1) is 18.9. The lowest BCUT2D eigenvalue weighted by Crippen LogP contribution is -2.38. The number of hydrogen-bond donors (Lipinski definition) is 1. The highest BCUT2D eigenvalue weighted by atomic mass is 32.2. The number of amides is 1. The summed E-state index contributed by atoms with van der Waals surface area (Å²) in [4.78, 5) is 22.3. The third kappa shape index (κ3) is 4.26. The molecule has 1 saturated heterocycles. The van der Waals surface area contributed by atoms with Crippen LogP contribution in [0.1, 0.15) is 64.4 Å². The molecule has 0 radical (unpaired) electrons. The van der Waals surface area contributed by atoms with E-state index >= 15 is 0 Å². The number of benzene rings is 1. The van der Waals surface area contributed by atoms with E-state index in [0.29, 0.717) is 11.8 Å². The van der Waals surface area contributed by atoms with Gasteiger partial charge in [-0.2, -0.15) is 5.10 Å². The predicted octanol–water partition coefficient (Wildman–Crippen LogP) is 5.06. The van der Waals surface area contributed by atoms with Crippen LogP contribution in [-0.2, 0) is 5.75 Å². The number of nitrogens with zero attached hydrogens (tertiary/aromatic N) is 3. The summed E-state index contributed by atoms with van der Waals surface area (Å²) in [5.74, 6) is 3.99. The summed E-state index contributed by atoms with van der Waals surface area (Å²) in [6, 6.07) is 12.2. The second-order valence-corrected chi connectivity index (χ2v) is 9.83. The van der Waals surface area contributed by atoms with Crippen LogP contribution in [0.2, 0.25) is 0 Å². The fraction of sp³-hybridized carbons (Fsp3) is 0.409. The van der Waals surface area contributed by atoms with Crippen molar-refractivity contribution in [3.63, 3.8) is 0 Å². The van der Waals surface area contributed by atoms with Crippen molar-refractivity contribution in [3.8, 4) is 0 Å². The van der Waals surface area contributed by atoms with Crippen molar-refractivity contribution in [2.75, 3.05) is 13.1 Å². The molecule has 2 aliphatic rings. The summed E-state index contributed by atoms with van der Waals surface area (Å²) in [5.41, 5.74) is 0.822. The molecule has 2 fully saturated rings. The van der Waals surface area contributed by atoms with Crippen LogP contribution in [0.25, 0.3) is 0 Å². The predicted molar refractivity (Wildman–Crippen MR) is 117 cm³/mol. The van der Waals surface area contributed by atoms with Crippen molar-refractivity contribution < 1.29 is 4.79 Å². The van der Waals surface area contributed by atoms with E-state index in [2.05, 4.69) is 33.8 Å². The Morgan fingerprint density at radius 3 is 2.69 bits per heavy atom. The van der Waals surface area contributed by atoms with E-state index in [0.717, 1.165) is 53.8 Å². The van der Waals surface area contributed by atoms with E-state index < -0.39 is 0 Å². The van der Waals surface area contributed by atoms with Crippen molar-refractivity contribution >= 4 is 29.0 Å². The largest absolute Gasteiger partial charge is 0.339 e. The van der Waals surface area contributed by atoms with Crippen molar-refractivity contribution in [2.45, 2.75) is 48.2 Å². The lowest BCUT2D eigenvalue weighted by atomic mass is 9.95. The molecule has 0 bridgehead atoms. The molecule has 0 spiro atoms. The first-order valence-electron chi connectivity index (χ1n) is 10.2. The zero-order valence-electron chi connectivity index (χ0n) is 16.2. The molecule has 5 rings (SSSR count). The zero-order valence-corrected chi connectivity index (χ0v) is 17.8. The van der Waals surface area contributed by atoms with Crippen LogP contribution >= 0.6 is 23.1 Å². The number of hydrogen-bond acceptors (Lipinski definition) is 5. The molecule has 150 valence electrons. The summed E-state index contributed by atoms with van der Waals surface area (Å²) < 4.78 is 0. The van der Waals surface area contributed by atoms with Crippen LogP contribution in [0.3, 0.4) is 0 Å². The maximum atomic E-state index is 13.2. The van der Waals surface area contributed by atoms with Crippen LogP contribution in [0, 0.1) is 0 Å². The second-order valence-electron chi connectivity index (χ2n) is 7.78. The van der Waals surface area contributed by atoms with E-state index in [1.165, 1.54) is 17.7 Å². The molecular formula is C22H24N4OS2. The Morgan fingerprint density at radius 2 is 1.93 bits per heavy atom. The molecule has 2 aromatic heterocycles. The average Bonchev–Trinajstić information content (AvgIpc) is 3.27. The van der Waals surface area contributed by atoms with Crippen LogP contribution in [0.15, 0.2) is 46.7 Å². The molecule has 0 atom stereocenters. The van der Waals surface area contributed by atoms with Crippen LogP contribution in [0.5, 0.6) is 0 Å². The Labute approximate surface area is 178 Å². The second kappa shape index (κ2) is 8.32. The summed E-state index contributed by atoms with van der Waals surface area (Å²) in [5, 5.41) is 9.63. The Balaban J connectivity index is 1.22. The molecule has 5 nitrogen and oxygen atoms in total. The highest BCUT2D eigenvalue weighted by Crippen LogP contribution is 2.38. The number of carbonyl (C=O) groups is 1. The molecule has 0 unspecified atom stereocenters. The van der Waals surface area contributed by atoms with Gasteiger partial charge in [0.25, 0.3) is 5.91 Å². The van der Waals surface area contributed by atoms with E-state index in [4.69, 9.17) is 4.98 Å². The SMILES string of the molecule is O=C(c1ccccc1SCc1cccs1)N1CCC(c2nc(C3CC3)n[nH]2)CC1. The maximum Gasteiger partial charge on any atom is 0.254 e. The highest BCUT2D eigenvalue weighted by Gasteiger charge is 2.31. The first-order chi connectivity index (χ1) is 14.3.